The molecule has 0 aliphatic rings. The first-order valence-electron chi connectivity index (χ1n) is 8.25. The zero-order chi connectivity index (χ0) is 17.5. The van der Waals surface area contributed by atoms with Gasteiger partial charge in [-0.2, -0.15) is 5.10 Å². The Balaban J connectivity index is 1.88. The highest BCUT2D eigenvalue weighted by atomic mass is 16.2. The highest BCUT2D eigenvalue weighted by Crippen LogP contribution is 2.15. The molecular formula is C19H26N4O. The number of carbonyl (C=O) groups excluding carboxylic acids is 1. The largest absolute Gasteiger partial charge is 0.376 e. The van der Waals surface area contributed by atoms with Gasteiger partial charge >= 0.3 is 0 Å². The fourth-order valence-corrected chi connectivity index (χ4v) is 2.56. The maximum Gasteiger partial charge on any atom is 0.259 e. The van der Waals surface area contributed by atoms with Gasteiger partial charge in [0, 0.05) is 29.2 Å². The molecule has 1 aromatic carbocycles. The average molecular weight is 326 g/mol. The van der Waals surface area contributed by atoms with Crippen molar-refractivity contribution in [3.8, 4) is 0 Å². The minimum Gasteiger partial charge on any atom is -0.376 e. The number of hydrogen-bond donors (Lipinski definition) is 2. The van der Waals surface area contributed by atoms with Crippen molar-refractivity contribution in [3.05, 3.63) is 53.3 Å². The summed E-state index contributed by atoms with van der Waals surface area (Å²) in [4.78, 5) is 11.8. The summed E-state index contributed by atoms with van der Waals surface area (Å²) in [5.74, 6) is 0.412. The lowest BCUT2D eigenvalue weighted by atomic mass is 10.2. The third kappa shape index (κ3) is 4.98. The predicted octanol–water partition coefficient (Wildman–Crippen LogP) is 3.32. The summed E-state index contributed by atoms with van der Waals surface area (Å²) >= 11 is 0. The topological polar surface area (TPSA) is 58.4 Å². The summed E-state index contributed by atoms with van der Waals surface area (Å²) in [6.07, 6.45) is 1.71. The van der Waals surface area contributed by atoms with Crippen molar-refractivity contribution in [2.24, 2.45) is 11.0 Å². The van der Waals surface area contributed by atoms with Crippen LogP contribution in [-0.4, -0.2) is 23.2 Å². The molecule has 0 unspecified atom stereocenters. The lowest BCUT2D eigenvalue weighted by Gasteiger charge is -2.11. The summed E-state index contributed by atoms with van der Waals surface area (Å²) in [5, 5.41) is 7.12. The van der Waals surface area contributed by atoms with Gasteiger partial charge in [-0.15, -0.1) is 0 Å². The number of nitrogens with one attached hydrogen (secondary N) is 2. The molecule has 1 aromatic heterocycles. The summed E-state index contributed by atoms with van der Waals surface area (Å²) in [7, 11) is 0. The van der Waals surface area contributed by atoms with E-state index in [4.69, 9.17) is 0 Å². The van der Waals surface area contributed by atoms with Gasteiger partial charge in [-0.3, -0.25) is 4.79 Å². The summed E-state index contributed by atoms with van der Waals surface area (Å²) in [6.45, 7) is 9.75. The number of rotatable bonds is 7. The van der Waals surface area contributed by atoms with Crippen molar-refractivity contribution in [2.75, 3.05) is 11.9 Å². The van der Waals surface area contributed by atoms with Crippen LogP contribution in [0.2, 0.25) is 0 Å². The summed E-state index contributed by atoms with van der Waals surface area (Å²) in [5.41, 5.74) is 6.88. The lowest BCUT2D eigenvalue weighted by molar-refractivity contribution is -0.119. The van der Waals surface area contributed by atoms with Gasteiger partial charge in [0.25, 0.3) is 5.91 Å². The van der Waals surface area contributed by atoms with E-state index in [0.29, 0.717) is 5.92 Å². The number of carbonyl (C=O) groups is 1. The number of amides is 1. The maximum atomic E-state index is 11.8. The fourth-order valence-electron chi connectivity index (χ4n) is 2.56. The highest BCUT2D eigenvalue weighted by molar-refractivity contribution is 5.85. The molecule has 0 bridgehead atoms. The molecule has 2 N–H and O–H groups in total. The molecular weight excluding hydrogens is 300 g/mol. The van der Waals surface area contributed by atoms with E-state index >= 15 is 0 Å². The molecule has 1 heterocycles. The summed E-state index contributed by atoms with van der Waals surface area (Å²) in [6, 6.07) is 11.7. The zero-order valence-corrected chi connectivity index (χ0v) is 14.8. The first-order chi connectivity index (χ1) is 11.5. The molecule has 0 aliphatic heterocycles. The van der Waals surface area contributed by atoms with Gasteiger partial charge in [-0.05, 0) is 38.0 Å². The van der Waals surface area contributed by atoms with E-state index in [-0.39, 0.29) is 12.5 Å². The Hall–Kier alpha value is -2.56. The van der Waals surface area contributed by atoms with Crippen LogP contribution < -0.4 is 10.7 Å². The molecule has 0 saturated heterocycles. The molecule has 24 heavy (non-hydrogen) atoms. The third-order valence-corrected chi connectivity index (χ3v) is 3.78. The quantitative estimate of drug-likeness (QED) is 0.606. The normalized spacial score (nSPS) is 11.2. The Labute approximate surface area is 143 Å². The van der Waals surface area contributed by atoms with Crippen molar-refractivity contribution in [3.63, 3.8) is 0 Å². The second kappa shape index (κ2) is 8.34. The van der Waals surface area contributed by atoms with E-state index in [0.717, 1.165) is 17.8 Å². The number of benzene rings is 1. The van der Waals surface area contributed by atoms with Crippen LogP contribution in [0.5, 0.6) is 0 Å². The Kier molecular flexibility index (Phi) is 6.18. The van der Waals surface area contributed by atoms with Crippen LogP contribution in [0.3, 0.4) is 0 Å². The van der Waals surface area contributed by atoms with E-state index in [1.54, 1.807) is 6.21 Å². The van der Waals surface area contributed by atoms with Crippen LogP contribution in [0.25, 0.3) is 0 Å². The van der Waals surface area contributed by atoms with Crippen LogP contribution in [0.15, 0.2) is 41.5 Å². The number of hydrogen-bond acceptors (Lipinski definition) is 3. The standard InChI is InChI=1S/C19H26N4O/c1-14(2)13-23-15(3)10-17(16(23)4)11-21-22-19(24)12-20-18-8-6-5-7-9-18/h5-11,14,20H,12-13H2,1-4H3,(H,22,24)/b21-11-. The van der Waals surface area contributed by atoms with Gasteiger partial charge in [-0.1, -0.05) is 32.0 Å². The van der Waals surface area contributed by atoms with Crippen molar-refractivity contribution in [1.82, 2.24) is 9.99 Å². The first-order valence-corrected chi connectivity index (χ1v) is 8.25. The Morgan fingerprint density at radius 1 is 1.25 bits per heavy atom. The second-order valence-corrected chi connectivity index (χ2v) is 6.34. The molecule has 0 atom stereocenters. The van der Waals surface area contributed by atoms with Gasteiger partial charge in [0.15, 0.2) is 0 Å². The van der Waals surface area contributed by atoms with Crippen LogP contribution in [0.1, 0.15) is 30.8 Å². The fraction of sp³-hybridized carbons (Fsp3) is 0.368. The Morgan fingerprint density at radius 3 is 2.62 bits per heavy atom. The number of aromatic nitrogens is 1. The van der Waals surface area contributed by atoms with Gasteiger partial charge in [-0.25, -0.2) is 5.43 Å². The average Bonchev–Trinajstić information content (AvgIpc) is 2.81. The van der Waals surface area contributed by atoms with E-state index in [1.165, 1.54) is 11.4 Å². The minimum atomic E-state index is -0.175. The Morgan fingerprint density at radius 2 is 1.96 bits per heavy atom. The molecule has 128 valence electrons. The van der Waals surface area contributed by atoms with E-state index < -0.39 is 0 Å². The molecule has 0 fully saturated rings. The number of nitrogens with zero attached hydrogens (tertiary/aromatic N) is 2. The molecule has 0 radical (unpaired) electrons. The second-order valence-electron chi connectivity index (χ2n) is 6.34. The van der Waals surface area contributed by atoms with Crippen LogP contribution in [-0.2, 0) is 11.3 Å². The zero-order valence-electron chi connectivity index (χ0n) is 14.8. The van der Waals surface area contributed by atoms with Gasteiger partial charge in [0.05, 0.1) is 12.8 Å². The van der Waals surface area contributed by atoms with Crippen molar-refractivity contribution in [2.45, 2.75) is 34.2 Å². The molecule has 0 saturated carbocycles. The lowest BCUT2D eigenvalue weighted by Crippen LogP contribution is -2.25. The van der Waals surface area contributed by atoms with Crippen LogP contribution >= 0.6 is 0 Å². The highest BCUT2D eigenvalue weighted by Gasteiger charge is 2.08. The van der Waals surface area contributed by atoms with Gasteiger partial charge < -0.3 is 9.88 Å². The maximum absolute atomic E-state index is 11.8. The predicted molar refractivity (Wildman–Crippen MR) is 99.4 cm³/mol. The minimum absolute atomic E-state index is 0.175. The van der Waals surface area contributed by atoms with Crippen molar-refractivity contribution >= 4 is 17.8 Å². The molecule has 5 nitrogen and oxygen atoms in total. The van der Waals surface area contributed by atoms with Gasteiger partial charge in [0.1, 0.15) is 0 Å². The smallest absolute Gasteiger partial charge is 0.259 e. The molecule has 5 heteroatoms. The number of aryl methyl sites for hydroxylation is 1. The monoisotopic (exact) mass is 326 g/mol. The molecule has 2 rings (SSSR count). The molecule has 2 aromatic rings. The van der Waals surface area contributed by atoms with Crippen LogP contribution in [0, 0.1) is 19.8 Å². The first kappa shape index (κ1) is 17.8. The van der Waals surface area contributed by atoms with Crippen molar-refractivity contribution in [1.29, 1.82) is 0 Å². The molecule has 1 amide bonds. The SMILES string of the molecule is Cc1cc(/C=N\NC(=O)CNc2ccccc2)c(C)n1CC(C)C. The number of para-hydroxylation sites is 1. The molecule has 0 spiro atoms. The van der Waals surface area contributed by atoms with Gasteiger partial charge in [0.2, 0.25) is 0 Å². The van der Waals surface area contributed by atoms with Crippen LogP contribution in [0.4, 0.5) is 5.69 Å². The van der Waals surface area contributed by atoms with E-state index in [9.17, 15) is 4.79 Å². The van der Waals surface area contributed by atoms with E-state index in [2.05, 4.69) is 54.2 Å². The summed E-state index contributed by atoms with van der Waals surface area (Å²) < 4.78 is 2.28. The Bertz CT molecular complexity index is 702. The number of hydrazone groups is 1. The number of anilines is 1. The molecule has 0 aliphatic carbocycles. The third-order valence-electron chi connectivity index (χ3n) is 3.78. The van der Waals surface area contributed by atoms with E-state index in [1.807, 2.05) is 30.3 Å². The van der Waals surface area contributed by atoms with Crippen molar-refractivity contribution < 1.29 is 4.79 Å².